The molecule has 5 heteroatoms. The van der Waals surface area contributed by atoms with Gasteiger partial charge >= 0.3 is 5.97 Å². The van der Waals surface area contributed by atoms with E-state index in [1.54, 1.807) is 12.3 Å². The van der Waals surface area contributed by atoms with Gasteiger partial charge in [-0.2, -0.15) is 5.10 Å². The average Bonchev–Trinajstić information content (AvgIpc) is 2.90. The number of fused-ring (bicyclic) bond motifs is 1. The van der Waals surface area contributed by atoms with Crippen molar-refractivity contribution >= 4 is 17.0 Å². The molecule has 112 valence electrons. The van der Waals surface area contributed by atoms with Crippen LogP contribution in [0.1, 0.15) is 55.1 Å². The molecule has 0 unspecified atom stereocenters. The van der Waals surface area contributed by atoms with Crippen LogP contribution < -0.4 is 0 Å². The molecule has 5 nitrogen and oxygen atoms in total. The minimum atomic E-state index is -0.908. The molecule has 0 spiro atoms. The largest absolute Gasteiger partial charge is 0.478 e. The van der Waals surface area contributed by atoms with E-state index in [1.807, 2.05) is 11.6 Å². The zero-order chi connectivity index (χ0) is 14.8. The van der Waals surface area contributed by atoms with Crippen LogP contribution >= 0.6 is 0 Å². The van der Waals surface area contributed by atoms with Gasteiger partial charge in [0.05, 0.1) is 17.1 Å². The van der Waals surface area contributed by atoms with E-state index < -0.39 is 5.97 Å². The molecule has 0 bridgehead atoms. The van der Waals surface area contributed by atoms with Gasteiger partial charge in [0.25, 0.3) is 0 Å². The van der Waals surface area contributed by atoms with Gasteiger partial charge in [-0.3, -0.25) is 0 Å². The van der Waals surface area contributed by atoms with Crippen LogP contribution in [0.3, 0.4) is 0 Å². The predicted octanol–water partition coefficient (Wildman–Crippen LogP) is 3.27. The fourth-order valence-electron chi connectivity index (χ4n) is 3.21. The Balaban J connectivity index is 1.99. The van der Waals surface area contributed by atoms with E-state index in [4.69, 9.17) is 0 Å². The maximum absolute atomic E-state index is 11.4. The molecule has 0 aliphatic heterocycles. The molecule has 0 amide bonds. The second-order valence-corrected chi connectivity index (χ2v) is 5.89. The molecule has 1 N–H and O–H groups in total. The Bertz CT molecular complexity index is 657. The van der Waals surface area contributed by atoms with Crippen LogP contribution in [0.5, 0.6) is 0 Å². The van der Waals surface area contributed by atoms with Gasteiger partial charge in [-0.1, -0.05) is 26.2 Å². The number of carboxylic acids is 1. The lowest BCUT2D eigenvalue weighted by Crippen LogP contribution is -2.15. The van der Waals surface area contributed by atoms with Crippen LogP contribution in [0.4, 0.5) is 0 Å². The van der Waals surface area contributed by atoms with Crippen molar-refractivity contribution in [2.45, 2.75) is 52.0 Å². The summed E-state index contributed by atoms with van der Waals surface area (Å²) in [5.74, 6) is -0.267. The number of aryl methyl sites for hydroxylation is 1. The lowest BCUT2D eigenvalue weighted by molar-refractivity contribution is 0.0699. The Kier molecular flexibility index (Phi) is 3.90. The monoisotopic (exact) mass is 287 g/mol. The molecule has 3 rings (SSSR count). The van der Waals surface area contributed by atoms with E-state index in [-0.39, 0.29) is 0 Å². The first kappa shape index (κ1) is 14.0. The summed E-state index contributed by atoms with van der Waals surface area (Å²) >= 11 is 0. The summed E-state index contributed by atoms with van der Waals surface area (Å²) in [6, 6.07) is 1.66. The standard InChI is InChI=1S/C16H21N3O2/c1-2-12-8-13(16(20)21)14-9-17-19(15(14)18-12)10-11-6-4-3-5-7-11/h8-9,11H,2-7,10H2,1H3,(H,20,21). The van der Waals surface area contributed by atoms with Gasteiger partial charge in [0.1, 0.15) is 0 Å². The summed E-state index contributed by atoms with van der Waals surface area (Å²) in [4.78, 5) is 16.0. The molecular formula is C16H21N3O2. The Morgan fingerprint density at radius 1 is 1.38 bits per heavy atom. The second-order valence-electron chi connectivity index (χ2n) is 5.89. The summed E-state index contributed by atoms with van der Waals surface area (Å²) in [6.07, 6.45) is 8.76. The zero-order valence-corrected chi connectivity index (χ0v) is 12.4. The predicted molar refractivity (Wildman–Crippen MR) is 80.4 cm³/mol. The van der Waals surface area contributed by atoms with Crippen LogP contribution in [-0.4, -0.2) is 25.8 Å². The maximum atomic E-state index is 11.4. The summed E-state index contributed by atoms with van der Waals surface area (Å²) < 4.78 is 1.90. The van der Waals surface area contributed by atoms with Crippen LogP contribution in [0.2, 0.25) is 0 Å². The summed E-state index contributed by atoms with van der Waals surface area (Å²) in [5.41, 5.74) is 1.84. The van der Waals surface area contributed by atoms with E-state index in [0.29, 0.717) is 16.9 Å². The van der Waals surface area contributed by atoms with Crippen LogP contribution in [-0.2, 0) is 13.0 Å². The van der Waals surface area contributed by atoms with Crippen LogP contribution in [0.15, 0.2) is 12.3 Å². The Labute approximate surface area is 124 Å². The number of aromatic nitrogens is 3. The molecule has 1 aliphatic rings. The topological polar surface area (TPSA) is 68.0 Å². The highest BCUT2D eigenvalue weighted by Crippen LogP contribution is 2.26. The number of aromatic carboxylic acids is 1. The normalized spacial score (nSPS) is 16.4. The van der Waals surface area contributed by atoms with Crippen molar-refractivity contribution < 1.29 is 9.90 Å². The molecule has 2 aromatic heterocycles. The van der Waals surface area contributed by atoms with E-state index in [1.165, 1.54) is 32.1 Å². The van der Waals surface area contributed by atoms with Gasteiger partial charge in [-0.05, 0) is 31.2 Å². The fourth-order valence-corrected chi connectivity index (χ4v) is 3.21. The molecule has 0 radical (unpaired) electrons. The molecule has 1 aliphatic carbocycles. The van der Waals surface area contributed by atoms with Gasteiger partial charge in [-0.25, -0.2) is 14.5 Å². The molecule has 1 saturated carbocycles. The number of hydrogen-bond donors (Lipinski definition) is 1. The molecule has 2 aromatic rings. The SMILES string of the molecule is CCc1cc(C(=O)O)c2cnn(CC3CCCCC3)c2n1. The molecule has 2 heterocycles. The third kappa shape index (κ3) is 2.77. The van der Waals surface area contributed by atoms with Crippen molar-refractivity contribution in [2.24, 2.45) is 5.92 Å². The van der Waals surface area contributed by atoms with Gasteiger partial charge < -0.3 is 5.11 Å². The molecule has 21 heavy (non-hydrogen) atoms. The van der Waals surface area contributed by atoms with Gasteiger partial charge in [0.15, 0.2) is 5.65 Å². The molecule has 0 aromatic carbocycles. The number of carbonyl (C=O) groups is 1. The highest BCUT2D eigenvalue weighted by atomic mass is 16.4. The number of hydrogen-bond acceptors (Lipinski definition) is 3. The van der Waals surface area contributed by atoms with Gasteiger partial charge in [0.2, 0.25) is 0 Å². The highest BCUT2D eigenvalue weighted by Gasteiger charge is 2.19. The van der Waals surface area contributed by atoms with E-state index in [0.717, 1.165) is 24.3 Å². The Morgan fingerprint density at radius 3 is 2.81 bits per heavy atom. The van der Waals surface area contributed by atoms with Gasteiger partial charge in [0, 0.05) is 12.2 Å². The van der Waals surface area contributed by atoms with Crippen molar-refractivity contribution in [3.63, 3.8) is 0 Å². The third-order valence-corrected chi connectivity index (χ3v) is 4.41. The average molecular weight is 287 g/mol. The third-order valence-electron chi connectivity index (χ3n) is 4.41. The second kappa shape index (κ2) is 5.84. The minimum Gasteiger partial charge on any atom is -0.478 e. The molecule has 0 saturated heterocycles. The maximum Gasteiger partial charge on any atom is 0.336 e. The van der Waals surface area contributed by atoms with E-state index in [9.17, 15) is 9.90 Å². The first-order valence-corrected chi connectivity index (χ1v) is 7.77. The molecule has 1 fully saturated rings. The van der Waals surface area contributed by atoms with Crippen LogP contribution in [0.25, 0.3) is 11.0 Å². The van der Waals surface area contributed by atoms with Crippen molar-refractivity contribution in [1.82, 2.24) is 14.8 Å². The number of carboxylic acid groups (broad SMARTS) is 1. The first-order chi connectivity index (χ1) is 10.2. The van der Waals surface area contributed by atoms with Crippen LogP contribution in [0, 0.1) is 5.92 Å². The summed E-state index contributed by atoms with van der Waals surface area (Å²) in [5, 5.41) is 14.4. The Morgan fingerprint density at radius 2 is 2.14 bits per heavy atom. The molecular weight excluding hydrogens is 266 g/mol. The highest BCUT2D eigenvalue weighted by molar-refractivity contribution is 6.01. The molecule has 0 atom stereocenters. The van der Waals surface area contributed by atoms with Crippen molar-refractivity contribution in [3.05, 3.63) is 23.5 Å². The van der Waals surface area contributed by atoms with Crippen molar-refractivity contribution in [2.75, 3.05) is 0 Å². The minimum absolute atomic E-state index is 0.312. The van der Waals surface area contributed by atoms with E-state index >= 15 is 0 Å². The number of rotatable bonds is 4. The first-order valence-electron chi connectivity index (χ1n) is 7.77. The number of pyridine rings is 1. The van der Waals surface area contributed by atoms with Gasteiger partial charge in [-0.15, -0.1) is 0 Å². The number of nitrogens with zero attached hydrogens (tertiary/aromatic N) is 3. The zero-order valence-electron chi connectivity index (χ0n) is 12.4. The Hall–Kier alpha value is -1.91. The smallest absolute Gasteiger partial charge is 0.336 e. The summed E-state index contributed by atoms with van der Waals surface area (Å²) in [6.45, 7) is 2.84. The lowest BCUT2D eigenvalue weighted by atomic mass is 9.89. The van der Waals surface area contributed by atoms with Crippen molar-refractivity contribution in [3.8, 4) is 0 Å². The quantitative estimate of drug-likeness (QED) is 0.937. The summed E-state index contributed by atoms with van der Waals surface area (Å²) in [7, 11) is 0. The van der Waals surface area contributed by atoms with Crippen molar-refractivity contribution in [1.29, 1.82) is 0 Å². The fraction of sp³-hybridized carbons (Fsp3) is 0.562. The lowest BCUT2D eigenvalue weighted by Gasteiger charge is -2.21. The van der Waals surface area contributed by atoms with E-state index in [2.05, 4.69) is 10.1 Å².